The van der Waals surface area contributed by atoms with Gasteiger partial charge in [-0.15, -0.1) is 0 Å². The molecule has 0 saturated carbocycles. The zero-order valence-corrected chi connectivity index (χ0v) is 11.8. The van der Waals surface area contributed by atoms with Crippen LogP contribution in [0.25, 0.3) is 0 Å². The van der Waals surface area contributed by atoms with E-state index in [9.17, 15) is 14.4 Å². The normalized spacial score (nSPS) is 11.5. The van der Waals surface area contributed by atoms with Crippen molar-refractivity contribution in [3.05, 3.63) is 29.8 Å². The maximum absolute atomic E-state index is 11.8. The van der Waals surface area contributed by atoms with E-state index in [1.807, 2.05) is 0 Å². The molecular formula is C14H19N3O4. The summed E-state index contributed by atoms with van der Waals surface area (Å²) in [5, 5.41) is 13.9. The third-order valence-corrected chi connectivity index (χ3v) is 2.76. The Bertz CT molecular complexity index is 531. The fourth-order valence-electron chi connectivity index (χ4n) is 1.84. The number of rotatable bonds is 7. The number of benzene rings is 1. The highest BCUT2D eigenvalue weighted by Gasteiger charge is 2.11. The molecule has 1 rings (SSSR count). The van der Waals surface area contributed by atoms with Crippen molar-refractivity contribution in [1.29, 1.82) is 0 Å². The zero-order valence-electron chi connectivity index (χ0n) is 11.8. The highest BCUT2D eigenvalue weighted by atomic mass is 16.4. The Labute approximate surface area is 122 Å². The van der Waals surface area contributed by atoms with Gasteiger partial charge < -0.3 is 21.5 Å². The molecule has 0 spiro atoms. The minimum atomic E-state index is -0.899. The Hall–Kier alpha value is -2.57. The Kier molecular flexibility index (Phi) is 6.19. The molecule has 0 aromatic heterocycles. The summed E-state index contributed by atoms with van der Waals surface area (Å²) in [6, 6.07) is 6.11. The summed E-state index contributed by atoms with van der Waals surface area (Å²) in [5.41, 5.74) is 6.33. The molecule has 1 aromatic rings. The average molecular weight is 293 g/mol. The number of carbonyl (C=O) groups excluding carboxylic acids is 2. The summed E-state index contributed by atoms with van der Waals surface area (Å²) < 4.78 is 0. The van der Waals surface area contributed by atoms with Gasteiger partial charge in [-0.3, -0.25) is 9.59 Å². The predicted molar refractivity (Wildman–Crippen MR) is 77.8 cm³/mol. The van der Waals surface area contributed by atoms with Gasteiger partial charge in [0.25, 0.3) is 0 Å². The second kappa shape index (κ2) is 7.88. The summed E-state index contributed by atoms with van der Waals surface area (Å²) in [5.74, 6) is -1.39. The maximum Gasteiger partial charge on any atom is 0.319 e. The van der Waals surface area contributed by atoms with E-state index in [2.05, 4.69) is 10.6 Å². The Balaban J connectivity index is 2.63. The van der Waals surface area contributed by atoms with E-state index in [0.29, 0.717) is 12.1 Å². The standard InChI is InChI=1S/C14H19N3O4/c1-9(8-12(15)18)16-14(21)17-11-5-3-2-4-10(11)6-7-13(19)20/h2-5,9H,6-8H2,1H3,(H2,15,18)(H,19,20)(H2,16,17,21). The van der Waals surface area contributed by atoms with Crippen molar-refractivity contribution < 1.29 is 19.5 Å². The van der Waals surface area contributed by atoms with Gasteiger partial charge in [0, 0.05) is 24.6 Å². The van der Waals surface area contributed by atoms with Crippen molar-refractivity contribution >= 4 is 23.6 Å². The minimum absolute atomic E-state index is 0.0155. The molecule has 5 N–H and O–H groups in total. The van der Waals surface area contributed by atoms with Crippen LogP contribution in [-0.2, 0) is 16.0 Å². The van der Waals surface area contributed by atoms with Crippen molar-refractivity contribution in [3.63, 3.8) is 0 Å². The highest BCUT2D eigenvalue weighted by Crippen LogP contribution is 2.16. The quantitative estimate of drug-likeness (QED) is 0.601. The molecule has 3 amide bonds. The van der Waals surface area contributed by atoms with E-state index in [4.69, 9.17) is 10.8 Å². The number of para-hydroxylation sites is 1. The first kappa shape index (κ1) is 16.5. The molecule has 1 unspecified atom stereocenters. The number of anilines is 1. The number of carboxylic acid groups (broad SMARTS) is 1. The number of nitrogens with one attached hydrogen (secondary N) is 2. The van der Waals surface area contributed by atoms with E-state index in [0.717, 1.165) is 5.56 Å². The van der Waals surface area contributed by atoms with Crippen LogP contribution in [0.15, 0.2) is 24.3 Å². The van der Waals surface area contributed by atoms with Crippen LogP contribution in [-0.4, -0.2) is 29.1 Å². The molecule has 0 bridgehead atoms. The number of hydrogen-bond donors (Lipinski definition) is 4. The molecule has 114 valence electrons. The second-order valence-electron chi connectivity index (χ2n) is 4.72. The molecule has 1 aromatic carbocycles. The van der Waals surface area contributed by atoms with Crippen LogP contribution in [0.5, 0.6) is 0 Å². The van der Waals surface area contributed by atoms with Crippen molar-refractivity contribution in [3.8, 4) is 0 Å². The van der Waals surface area contributed by atoms with E-state index in [1.54, 1.807) is 31.2 Å². The van der Waals surface area contributed by atoms with Gasteiger partial charge in [-0.25, -0.2) is 4.79 Å². The lowest BCUT2D eigenvalue weighted by Gasteiger charge is -2.15. The smallest absolute Gasteiger partial charge is 0.319 e. The van der Waals surface area contributed by atoms with Crippen LogP contribution in [0.2, 0.25) is 0 Å². The molecule has 7 heteroatoms. The van der Waals surface area contributed by atoms with Gasteiger partial charge >= 0.3 is 12.0 Å². The van der Waals surface area contributed by atoms with Gasteiger partial charge in [0.05, 0.1) is 0 Å². The lowest BCUT2D eigenvalue weighted by atomic mass is 10.1. The summed E-state index contributed by atoms with van der Waals surface area (Å²) in [4.78, 5) is 33.2. The number of primary amides is 1. The number of nitrogens with two attached hydrogens (primary N) is 1. The van der Waals surface area contributed by atoms with Gasteiger partial charge in [-0.1, -0.05) is 18.2 Å². The Morgan fingerprint density at radius 3 is 2.57 bits per heavy atom. The molecule has 21 heavy (non-hydrogen) atoms. The van der Waals surface area contributed by atoms with Crippen LogP contribution >= 0.6 is 0 Å². The minimum Gasteiger partial charge on any atom is -0.481 e. The van der Waals surface area contributed by atoms with Crippen LogP contribution in [0.4, 0.5) is 10.5 Å². The first-order valence-electron chi connectivity index (χ1n) is 6.54. The topological polar surface area (TPSA) is 122 Å². The first-order valence-corrected chi connectivity index (χ1v) is 6.54. The third kappa shape index (κ3) is 6.42. The van der Waals surface area contributed by atoms with Gasteiger partial charge in [0.2, 0.25) is 5.91 Å². The average Bonchev–Trinajstić information content (AvgIpc) is 2.36. The molecular weight excluding hydrogens is 274 g/mol. The summed E-state index contributed by atoms with van der Waals surface area (Å²) >= 11 is 0. The molecule has 0 fully saturated rings. The van der Waals surface area contributed by atoms with E-state index >= 15 is 0 Å². The molecule has 7 nitrogen and oxygen atoms in total. The van der Waals surface area contributed by atoms with Crippen molar-refractivity contribution in [1.82, 2.24) is 5.32 Å². The largest absolute Gasteiger partial charge is 0.481 e. The SMILES string of the molecule is CC(CC(N)=O)NC(=O)Nc1ccccc1CCC(=O)O. The van der Waals surface area contributed by atoms with Crippen LogP contribution < -0.4 is 16.4 Å². The van der Waals surface area contributed by atoms with Gasteiger partial charge in [0.15, 0.2) is 0 Å². The van der Waals surface area contributed by atoms with Gasteiger partial charge in [0.1, 0.15) is 0 Å². The molecule has 0 aliphatic rings. The number of aliphatic carboxylic acids is 1. The van der Waals surface area contributed by atoms with Crippen molar-refractivity contribution in [2.45, 2.75) is 32.2 Å². The van der Waals surface area contributed by atoms with E-state index in [1.165, 1.54) is 0 Å². The number of carboxylic acids is 1. The fraction of sp³-hybridized carbons (Fsp3) is 0.357. The van der Waals surface area contributed by atoms with Crippen LogP contribution in [0.3, 0.4) is 0 Å². The number of urea groups is 1. The molecule has 0 saturated heterocycles. The summed E-state index contributed by atoms with van der Waals surface area (Å²) in [6.07, 6.45) is 0.356. The Morgan fingerprint density at radius 2 is 1.95 bits per heavy atom. The number of aryl methyl sites for hydroxylation is 1. The van der Waals surface area contributed by atoms with Crippen molar-refractivity contribution in [2.75, 3.05) is 5.32 Å². The molecule has 1 atom stereocenters. The second-order valence-corrected chi connectivity index (χ2v) is 4.72. The lowest BCUT2D eigenvalue weighted by molar-refractivity contribution is -0.137. The molecule has 0 aliphatic heterocycles. The van der Waals surface area contributed by atoms with Crippen LogP contribution in [0, 0.1) is 0 Å². The molecule has 0 heterocycles. The Morgan fingerprint density at radius 1 is 1.29 bits per heavy atom. The number of amides is 3. The first-order chi connectivity index (χ1) is 9.88. The van der Waals surface area contributed by atoms with Gasteiger partial charge in [-0.2, -0.15) is 0 Å². The fourth-order valence-corrected chi connectivity index (χ4v) is 1.84. The zero-order chi connectivity index (χ0) is 15.8. The highest BCUT2D eigenvalue weighted by molar-refractivity contribution is 5.90. The monoisotopic (exact) mass is 293 g/mol. The predicted octanol–water partition coefficient (Wildman–Crippen LogP) is 1.09. The summed E-state index contributed by atoms with van der Waals surface area (Å²) in [6.45, 7) is 1.67. The summed E-state index contributed by atoms with van der Waals surface area (Å²) in [7, 11) is 0. The van der Waals surface area contributed by atoms with E-state index in [-0.39, 0.29) is 18.9 Å². The van der Waals surface area contributed by atoms with E-state index < -0.39 is 17.9 Å². The number of carbonyl (C=O) groups is 3. The maximum atomic E-state index is 11.8. The van der Waals surface area contributed by atoms with Crippen LogP contribution in [0.1, 0.15) is 25.3 Å². The third-order valence-electron chi connectivity index (χ3n) is 2.76. The number of hydrogen-bond acceptors (Lipinski definition) is 3. The van der Waals surface area contributed by atoms with Gasteiger partial charge in [-0.05, 0) is 25.0 Å². The van der Waals surface area contributed by atoms with Crippen molar-refractivity contribution in [2.24, 2.45) is 5.73 Å². The molecule has 0 radical (unpaired) electrons. The molecule has 0 aliphatic carbocycles. The lowest BCUT2D eigenvalue weighted by Crippen LogP contribution is -2.38.